The lowest BCUT2D eigenvalue weighted by molar-refractivity contribution is -0.140. The van der Waals surface area contributed by atoms with E-state index in [4.69, 9.17) is 0 Å². The lowest BCUT2D eigenvalue weighted by Gasteiger charge is -2.39. The third kappa shape index (κ3) is 5.72. The third-order valence-electron chi connectivity index (χ3n) is 6.64. The number of benzene rings is 2. The Labute approximate surface area is 194 Å². The monoisotopic (exact) mass is 448 g/mol. The standard InChI is InChI=1S/C26H32N4O3/c31-23(28-22-13-5-2-6-14-22)21-12-9-17-30(19-21)24(32)26(15-7-8-16-26)29-25(33)27-18-20-10-3-1-4-11-20/h1-6,10-11,13-14,21H,7-9,12,15-19H2,(H,28,31)(H2,27,29,33). The van der Waals surface area contributed by atoms with Crippen LogP contribution in [-0.4, -0.2) is 41.4 Å². The molecule has 4 amide bonds. The van der Waals surface area contributed by atoms with Gasteiger partial charge in [-0.05, 0) is 43.4 Å². The van der Waals surface area contributed by atoms with Crippen molar-refractivity contribution >= 4 is 23.5 Å². The Morgan fingerprint density at radius 2 is 1.58 bits per heavy atom. The average molecular weight is 449 g/mol. The highest BCUT2D eigenvalue weighted by Gasteiger charge is 2.46. The molecule has 33 heavy (non-hydrogen) atoms. The van der Waals surface area contributed by atoms with Crippen molar-refractivity contribution in [3.63, 3.8) is 0 Å². The fourth-order valence-corrected chi connectivity index (χ4v) is 4.85. The normalized spacial score (nSPS) is 19.5. The number of piperidine rings is 1. The summed E-state index contributed by atoms with van der Waals surface area (Å²) in [6.07, 6.45) is 4.58. The largest absolute Gasteiger partial charge is 0.340 e. The summed E-state index contributed by atoms with van der Waals surface area (Å²) in [6, 6.07) is 18.7. The van der Waals surface area contributed by atoms with Crippen LogP contribution in [0.2, 0.25) is 0 Å². The summed E-state index contributed by atoms with van der Waals surface area (Å²) in [5.74, 6) is -0.381. The molecule has 0 radical (unpaired) electrons. The number of hydrogen-bond acceptors (Lipinski definition) is 3. The summed E-state index contributed by atoms with van der Waals surface area (Å²) < 4.78 is 0. The Morgan fingerprint density at radius 1 is 0.909 bits per heavy atom. The van der Waals surface area contributed by atoms with Crippen LogP contribution in [0.5, 0.6) is 0 Å². The quantitative estimate of drug-likeness (QED) is 0.630. The summed E-state index contributed by atoms with van der Waals surface area (Å²) >= 11 is 0. The summed E-state index contributed by atoms with van der Waals surface area (Å²) in [5.41, 5.74) is 0.871. The van der Waals surface area contributed by atoms with E-state index in [1.165, 1.54) is 0 Å². The van der Waals surface area contributed by atoms with Gasteiger partial charge < -0.3 is 20.9 Å². The van der Waals surface area contributed by atoms with Crippen molar-refractivity contribution in [1.29, 1.82) is 0 Å². The molecule has 2 aromatic carbocycles. The van der Waals surface area contributed by atoms with Crippen LogP contribution in [-0.2, 0) is 16.1 Å². The molecule has 7 nitrogen and oxygen atoms in total. The molecule has 174 valence electrons. The molecule has 1 heterocycles. The Hall–Kier alpha value is -3.35. The van der Waals surface area contributed by atoms with Crippen molar-refractivity contribution in [2.24, 2.45) is 5.92 Å². The van der Waals surface area contributed by atoms with Crippen molar-refractivity contribution < 1.29 is 14.4 Å². The summed E-state index contributed by atoms with van der Waals surface area (Å²) in [4.78, 5) is 40.9. The minimum Gasteiger partial charge on any atom is -0.340 e. The first-order valence-corrected chi connectivity index (χ1v) is 11.8. The number of nitrogens with zero attached hydrogens (tertiary/aromatic N) is 1. The molecular weight excluding hydrogens is 416 g/mol. The number of para-hydroxylation sites is 1. The van der Waals surface area contributed by atoms with E-state index < -0.39 is 5.54 Å². The molecule has 2 fully saturated rings. The molecule has 1 atom stereocenters. The van der Waals surface area contributed by atoms with Gasteiger partial charge in [-0.1, -0.05) is 61.4 Å². The maximum Gasteiger partial charge on any atom is 0.315 e. The van der Waals surface area contributed by atoms with Gasteiger partial charge in [0, 0.05) is 25.3 Å². The van der Waals surface area contributed by atoms with E-state index in [0.29, 0.717) is 32.5 Å². The second kappa shape index (κ2) is 10.5. The maximum atomic E-state index is 13.6. The molecule has 1 saturated carbocycles. The van der Waals surface area contributed by atoms with Gasteiger partial charge >= 0.3 is 6.03 Å². The molecule has 0 spiro atoms. The van der Waals surface area contributed by atoms with E-state index in [9.17, 15) is 14.4 Å². The Kier molecular flexibility index (Phi) is 7.27. The number of carbonyl (C=O) groups excluding carboxylic acids is 3. The van der Waals surface area contributed by atoms with Gasteiger partial charge in [0.25, 0.3) is 0 Å². The van der Waals surface area contributed by atoms with Crippen LogP contribution in [0.25, 0.3) is 0 Å². The number of carbonyl (C=O) groups is 3. The molecular formula is C26H32N4O3. The van der Waals surface area contributed by atoms with Gasteiger partial charge in [-0.15, -0.1) is 0 Å². The smallest absolute Gasteiger partial charge is 0.315 e. The molecule has 2 aliphatic rings. The number of urea groups is 1. The van der Waals surface area contributed by atoms with Crippen LogP contribution < -0.4 is 16.0 Å². The zero-order chi connectivity index (χ0) is 23.1. The number of likely N-dealkylation sites (tertiary alicyclic amines) is 1. The highest BCUT2D eigenvalue weighted by atomic mass is 16.2. The Bertz CT molecular complexity index is 958. The fourth-order valence-electron chi connectivity index (χ4n) is 4.85. The van der Waals surface area contributed by atoms with E-state index >= 15 is 0 Å². The van der Waals surface area contributed by atoms with Gasteiger partial charge in [-0.25, -0.2) is 4.79 Å². The van der Waals surface area contributed by atoms with E-state index in [1.54, 1.807) is 4.90 Å². The molecule has 1 aliphatic carbocycles. The first kappa shape index (κ1) is 22.8. The number of anilines is 1. The molecule has 3 N–H and O–H groups in total. The molecule has 1 saturated heterocycles. The van der Waals surface area contributed by atoms with Gasteiger partial charge in [-0.3, -0.25) is 9.59 Å². The van der Waals surface area contributed by atoms with Crippen molar-refractivity contribution in [2.75, 3.05) is 18.4 Å². The highest BCUT2D eigenvalue weighted by Crippen LogP contribution is 2.33. The Morgan fingerprint density at radius 3 is 2.27 bits per heavy atom. The van der Waals surface area contributed by atoms with E-state index in [1.807, 2.05) is 60.7 Å². The first-order chi connectivity index (χ1) is 16.1. The highest BCUT2D eigenvalue weighted by molar-refractivity contribution is 5.94. The van der Waals surface area contributed by atoms with Crippen LogP contribution >= 0.6 is 0 Å². The van der Waals surface area contributed by atoms with Crippen LogP contribution in [0.1, 0.15) is 44.1 Å². The van der Waals surface area contributed by atoms with Crippen molar-refractivity contribution in [3.05, 3.63) is 66.2 Å². The van der Waals surface area contributed by atoms with Crippen LogP contribution in [0.3, 0.4) is 0 Å². The van der Waals surface area contributed by atoms with Gasteiger partial charge in [0.1, 0.15) is 5.54 Å². The lowest BCUT2D eigenvalue weighted by Crippen LogP contribution is -2.61. The van der Waals surface area contributed by atoms with E-state index in [-0.39, 0.29) is 23.8 Å². The van der Waals surface area contributed by atoms with Crippen LogP contribution in [0.4, 0.5) is 10.5 Å². The molecule has 2 aromatic rings. The van der Waals surface area contributed by atoms with Gasteiger partial charge in [0.2, 0.25) is 11.8 Å². The minimum absolute atomic E-state index is 0.0623. The second-order valence-corrected chi connectivity index (χ2v) is 9.03. The molecule has 7 heteroatoms. The molecule has 4 rings (SSSR count). The fraction of sp³-hybridized carbons (Fsp3) is 0.423. The SMILES string of the molecule is O=C(NCc1ccccc1)NC1(C(=O)N2CCCC(C(=O)Nc3ccccc3)C2)CCCC1. The van der Waals surface area contributed by atoms with Crippen molar-refractivity contribution in [1.82, 2.24) is 15.5 Å². The Balaban J connectivity index is 1.37. The zero-order valence-corrected chi connectivity index (χ0v) is 18.9. The number of hydrogen-bond donors (Lipinski definition) is 3. The van der Waals surface area contributed by atoms with Crippen molar-refractivity contribution in [3.8, 4) is 0 Å². The second-order valence-electron chi connectivity index (χ2n) is 9.03. The minimum atomic E-state index is -0.890. The summed E-state index contributed by atoms with van der Waals surface area (Å²) in [7, 11) is 0. The van der Waals surface area contributed by atoms with Crippen LogP contribution in [0.15, 0.2) is 60.7 Å². The van der Waals surface area contributed by atoms with Gasteiger partial charge in [-0.2, -0.15) is 0 Å². The number of nitrogens with one attached hydrogen (secondary N) is 3. The molecule has 0 aromatic heterocycles. The summed E-state index contributed by atoms with van der Waals surface area (Å²) in [5, 5.41) is 8.84. The topological polar surface area (TPSA) is 90.5 Å². The van der Waals surface area contributed by atoms with E-state index in [2.05, 4.69) is 16.0 Å². The van der Waals surface area contributed by atoms with E-state index in [0.717, 1.165) is 36.9 Å². The first-order valence-electron chi connectivity index (χ1n) is 11.8. The predicted octanol–water partition coefficient (Wildman–Crippen LogP) is 3.68. The lowest BCUT2D eigenvalue weighted by atomic mass is 9.91. The average Bonchev–Trinajstić information content (AvgIpc) is 3.33. The number of amides is 4. The van der Waals surface area contributed by atoms with Crippen LogP contribution in [0, 0.1) is 5.92 Å². The predicted molar refractivity (Wildman–Crippen MR) is 127 cm³/mol. The van der Waals surface area contributed by atoms with Gasteiger partial charge in [0.15, 0.2) is 0 Å². The summed E-state index contributed by atoms with van der Waals surface area (Å²) in [6.45, 7) is 1.40. The number of rotatable bonds is 6. The maximum absolute atomic E-state index is 13.6. The van der Waals surface area contributed by atoms with Gasteiger partial charge in [0.05, 0.1) is 5.92 Å². The molecule has 1 unspecified atom stereocenters. The molecule has 0 bridgehead atoms. The van der Waals surface area contributed by atoms with Crippen molar-refractivity contribution in [2.45, 2.75) is 50.6 Å². The zero-order valence-electron chi connectivity index (χ0n) is 18.9. The molecule has 1 aliphatic heterocycles. The third-order valence-corrected chi connectivity index (χ3v) is 6.64.